The Bertz CT molecular complexity index is 5130. The molecule has 19 heteroatoms. The predicted molar refractivity (Wildman–Crippen MR) is 434 cm³/mol. The molecule has 0 radical (unpaired) electrons. The Morgan fingerprint density at radius 3 is 1.24 bits per heavy atom. The molecule has 4 aliphatic heterocycles. The molecule has 570 valence electrons. The van der Waals surface area contributed by atoms with Crippen LogP contribution in [0, 0.1) is 0 Å². The number of carbonyl (C=O) groups is 3. The van der Waals surface area contributed by atoms with Gasteiger partial charge in [-0.25, -0.2) is 4.79 Å². The molecule has 0 aromatic heterocycles. The van der Waals surface area contributed by atoms with E-state index in [1.54, 1.807) is 4.90 Å². The number of methoxy groups -OCH3 is 2. The Morgan fingerprint density at radius 1 is 0.441 bits per heavy atom. The number of hydrogen-bond acceptors (Lipinski definition) is 15. The van der Waals surface area contributed by atoms with Gasteiger partial charge in [-0.2, -0.15) is 0 Å². The quantitative estimate of drug-likeness (QED) is 0.0367. The predicted octanol–water partition coefficient (Wildman–Crippen LogP) is 11.9. The van der Waals surface area contributed by atoms with Crippen molar-refractivity contribution in [3.63, 3.8) is 0 Å². The second kappa shape index (κ2) is 40.7. The number of nitrogens with zero attached hydrogens (tertiary/aromatic N) is 2. The molecule has 1 amide bonds. The minimum atomic E-state index is -0.872. The molecule has 0 unspecified atom stereocenters. The number of aliphatic hydroxyl groups is 5. The van der Waals surface area contributed by atoms with E-state index in [4.69, 9.17) is 33.5 Å². The van der Waals surface area contributed by atoms with Crippen LogP contribution in [0.5, 0.6) is 0 Å². The molecule has 0 bridgehead atoms. The smallest absolute Gasteiger partial charge is 1.00 e. The van der Waals surface area contributed by atoms with E-state index < -0.39 is 18.5 Å². The van der Waals surface area contributed by atoms with Crippen molar-refractivity contribution in [2.75, 3.05) is 67.9 Å². The fourth-order valence-corrected chi connectivity index (χ4v) is 15.4. The first-order chi connectivity index (χ1) is 53.3. The zero-order chi connectivity index (χ0) is 76.3. The molecule has 0 spiro atoms. The van der Waals surface area contributed by atoms with Crippen LogP contribution in [0.2, 0.25) is 0 Å². The maximum atomic E-state index is 12.2. The fraction of sp³-hybridized carbons (Fsp3) is 0.272. The Kier molecular flexibility index (Phi) is 30.8. The van der Waals surface area contributed by atoms with Gasteiger partial charge in [-0.05, 0) is 147 Å². The van der Waals surface area contributed by atoms with E-state index in [1.807, 2.05) is 115 Å². The number of aliphatic carboxylic acids is 1. The second-order valence-electron chi connectivity index (χ2n) is 27.7. The van der Waals surface area contributed by atoms with E-state index in [1.165, 1.54) is 69.0 Å². The summed E-state index contributed by atoms with van der Waals surface area (Å²) >= 11 is 0. The largest absolute Gasteiger partial charge is 1.00 e. The van der Waals surface area contributed by atoms with Crippen LogP contribution in [-0.4, -0.2) is 144 Å². The molecule has 2 saturated heterocycles. The molecular weight excluding hydrogens is 1410 g/mol. The van der Waals surface area contributed by atoms with Crippen LogP contribution in [0.15, 0.2) is 243 Å². The molecule has 6 N–H and O–H groups in total. The van der Waals surface area contributed by atoms with Crippen LogP contribution in [0.1, 0.15) is 146 Å². The number of benzene rings is 12. The molecule has 12 aromatic carbocycles. The Hall–Kier alpha value is -9.38. The number of esters is 1. The topological polar surface area (TPSA) is 234 Å². The van der Waals surface area contributed by atoms with Gasteiger partial charge in [0.05, 0.1) is 73.5 Å². The van der Waals surface area contributed by atoms with Gasteiger partial charge in [0.1, 0.15) is 0 Å². The van der Waals surface area contributed by atoms with E-state index >= 15 is 0 Å². The summed E-state index contributed by atoms with van der Waals surface area (Å²) in [6.45, 7) is 5.08. The number of hydrogen-bond donors (Lipinski definition) is 6. The molecule has 4 aliphatic rings. The van der Waals surface area contributed by atoms with Crippen LogP contribution < -0.4 is 18.9 Å². The molecule has 0 saturated carbocycles. The van der Waals surface area contributed by atoms with E-state index in [-0.39, 0.29) is 100 Å². The minimum absolute atomic E-state index is 0. The average Bonchev–Trinajstić information content (AvgIpc) is 1.07. The van der Waals surface area contributed by atoms with Crippen LogP contribution in [0.25, 0.3) is 43.1 Å². The summed E-state index contributed by atoms with van der Waals surface area (Å²) in [5.41, 5.74) is 16.6. The van der Waals surface area contributed by atoms with Gasteiger partial charge in [-0.3, -0.25) is 9.59 Å². The van der Waals surface area contributed by atoms with Gasteiger partial charge in [0.15, 0.2) is 29.9 Å². The molecule has 17 nitrogen and oxygen atoms in total. The summed E-state index contributed by atoms with van der Waals surface area (Å²) in [6.07, 6.45) is -0.469. The zero-order valence-electron chi connectivity index (χ0n) is 63.9. The number of aliphatic hydroxyl groups excluding tert-OH is 5. The van der Waals surface area contributed by atoms with Crippen molar-refractivity contribution >= 4 is 78.5 Å². The van der Waals surface area contributed by atoms with Crippen molar-refractivity contribution in [2.45, 2.75) is 95.0 Å². The van der Waals surface area contributed by atoms with Crippen molar-refractivity contribution in [1.29, 1.82) is 0 Å². The summed E-state index contributed by atoms with van der Waals surface area (Å²) in [7, 11) is 5.99. The van der Waals surface area contributed by atoms with Gasteiger partial charge >= 0.3 is 36.9 Å². The van der Waals surface area contributed by atoms with Gasteiger partial charge in [0, 0.05) is 74.5 Å². The Labute approximate surface area is 672 Å². The van der Waals surface area contributed by atoms with Crippen molar-refractivity contribution in [1.82, 2.24) is 9.80 Å². The third-order valence-corrected chi connectivity index (χ3v) is 20.8. The van der Waals surface area contributed by atoms with Crippen LogP contribution >= 0.6 is 0 Å². The minimum Gasteiger partial charge on any atom is -1.00 e. The fourth-order valence-electron chi connectivity index (χ4n) is 15.4. The van der Waals surface area contributed by atoms with E-state index in [0.29, 0.717) is 58.3 Å². The van der Waals surface area contributed by atoms with Crippen LogP contribution in [0.3, 0.4) is 0 Å². The summed E-state index contributed by atoms with van der Waals surface area (Å²) < 4.78 is 32.8. The molecule has 2 fully saturated rings. The van der Waals surface area contributed by atoms with Gasteiger partial charge in [0.25, 0.3) is 0 Å². The second-order valence-corrected chi connectivity index (χ2v) is 27.7. The van der Waals surface area contributed by atoms with Gasteiger partial charge < -0.3 is 70.3 Å². The number of carboxylic acids is 1. The van der Waals surface area contributed by atoms with Crippen molar-refractivity contribution < 1.29 is 93.7 Å². The molecule has 16 rings (SSSR count). The number of ether oxygens (including phenoxy) is 6. The van der Waals surface area contributed by atoms with Crippen molar-refractivity contribution in [3.8, 4) is 0 Å². The number of carboxylic acid groups (broad SMARTS) is 1. The first-order valence-electron chi connectivity index (χ1n) is 36.9. The number of fused-ring (bicyclic) bond motifs is 6. The van der Waals surface area contributed by atoms with E-state index in [9.17, 15) is 39.9 Å². The first-order valence-corrected chi connectivity index (χ1v) is 36.9. The van der Waals surface area contributed by atoms with E-state index in [2.05, 4.69) is 139 Å². The average molecular weight is 1510 g/mol. The molecule has 12 aromatic rings. The Balaban J connectivity index is 0.000000169. The summed E-state index contributed by atoms with van der Waals surface area (Å²) in [6, 6.07) is 82.6. The maximum Gasteiger partial charge on any atom is 1.00 e. The van der Waals surface area contributed by atoms with Gasteiger partial charge in [-0.15, -0.1) is 0 Å². The van der Waals surface area contributed by atoms with Crippen molar-refractivity contribution in [3.05, 3.63) is 332 Å². The van der Waals surface area contributed by atoms with Crippen LogP contribution in [-0.2, 0) is 77.5 Å². The monoisotopic (exact) mass is 1500 g/mol. The van der Waals surface area contributed by atoms with Crippen LogP contribution in [0.4, 0.5) is 4.79 Å². The third-order valence-electron chi connectivity index (χ3n) is 20.8. The number of likely N-dealkylation sites (N-methyl/N-ethyl adjacent to an activating group) is 1. The maximum absolute atomic E-state index is 12.2. The molecule has 4 heterocycles. The zero-order valence-corrected chi connectivity index (χ0v) is 62.9. The summed E-state index contributed by atoms with van der Waals surface area (Å²) in [4.78, 5) is 39.9. The molecular formula is C92H98AlLiN2O15. The molecule has 0 aliphatic carbocycles. The van der Waals surface area contributed by atoms with Gasteiger partial charge in [-0.1, -0.05) is 231 Å². The normalized spacial score (nSPS) is 15.8. The van der Waals surface area contributed by atoms with Crippen molar-refractivity contribution in [2.24, 2.45) is 0 Å². The van der Waals surface area contributed by atoms with Gasteiger partial charge in [0.2, 0.25) is 0 Å². The molecule has 4 atom stereocenters. The standard InChI is InChI=1S/C25H26O5.C23H22O5.C22H21NO3.C21H21NO.CH4O.Al.Li.4H/c1-28-24(27)11-10-21(20-8-7-18-4-2-3-5-19(18)15-20)22-9-6-17(16-26)14-23(22)25-29-12-13-30-25;24-14-15-5-8-19(21(11-15)23-27-9-10-28-23)20(13-22(25)26)18-7-6-16-3-1-2-4-17(16)12-18;1-26-22(25)23-12-19-10-15(14-24)6-9-20(19)21(13-23)18-8-7-16-4-2-3-5-17(16)11-18;1-22-12-19-10-15(14-23)6-9-20(19)21(13-22)18-8-7-16-4-2-3-5-17(16)11-18;1-2;;;;;;/h2-9,14-15,21,25-26H,10-13,16H2,1H3;1-8,11-12,20,23-24H,9-10,13-14H2,(H,25,26);2-11,21,24H,12-14H2,1H3;2-11,21,23H,12-14H2,1H3;2H,1H3;;;;;;/q;;;;;;+1;;;;-1/t21-;20-;2*21-;;;;;;;/m0000......./s1. The van der Waals surface area contributed by atoms with E-state index in [0.717, 1.165) is 97.6 Å². The first kappa shape index (κ1) is 84.1. The number of carbonyl (C=O) groups excluding carboxylic acids is 2. The summed E-state index contributed by atoms with van der Waals surface area (Å²) in [5.74, 6) is -1.02. The summed E-state index contributed by atoms with van der Waals surface area (Å²) in [5, 5.41) is 64.1. The number of amides is 1. The third kappa shape index (κ3) is 20.7. The Morgan fingerprint density at radius 2 is 0.820 bits per heavy atom. The number of rotatable bonds is 17. The SMILES string of the molecule is CN1Cc2cc(CO)ccc2[C@H](c2ccc3ccccc3c2)C1.CO.COC(=O)CC[C@@H](c1ccc2ccccc2c1)c1ccc(CO)cc1C1OCCO1.COC(=O)N1Cc2cc(CO)ccc2[C@H](c2ccc3ccccc3c2)C1.O=C(O)C[C@@H](c1ccc2ccccc2c1)c1ccc(CO)cc1C1OCCO1.[AlH3].[H-].[Li+]. The molecule has 111 heavy (non-hydrogen) atoms.